The van der Waals surface area contributed by atoms with Gasteiger partial charge in [0.05, 0.1) is 18.8 Å². The van der Waals surface area contributed by atoms with Crippen LogP contribution < -0.4 is 10.9 Å². The molecule has 1 aliphatic rings. The highest BCUT2D eigenvalue weighted by Crippen LogP contribution is 2.35. The van der Waals surface area contributed by atoms with Gasteiger partial charge in [-0.25, -0.2) is 9.59 Å². The van der Waals surface area contributed by atoms with Gasteiger partial charge in [0.1, 0.15) is 17.1 Å². The Morgan fingerprint density at radius 2 is 2.05 bits per heavy atom. The fraction of sp³-hybridized carbons (Fsp3) is 0.500. The van der Waals surface area contributed by atoms with Gasteiger partial charge < -0.3 is 19.0 Å². The van der Waals surface area contributed by atoms with Crippen molar-refractivity contribution >= 4 is 11.9 Å². The zero-order chi connectivity index (χ0) is 28.3. The zero-order valence-electron chi connectivity index (χ0n) is 23.3. The van der Waals surface area contributed by atoms with Crippen molar-refractivity contribution in [3.63, 3.8) is 0 Å². The monoisotopic (exact) mass is 527 g/mol. The average Bonchev–Trinajstić information content (AvgIpc) is 3.28. The number of ketones is 1. The van der Waals surface area contributed by atoms with E-state index in [-0.39, 0.29) is 29.1 Å². The van der Waals surface area contributed by atoms with Crippen LogP contribution in [-0.4, -0.2) is 35.8 Å². The molecule has 8 nitrogen and oxygen atoms in total. The summed E-state index contributed by atoms with van der Waals surface area (Å²) in [7, 11) is 1.28. The number of nitrogens with one attached hydrogen (secondary N) is 1. The number of ether oxygens (including phenoxy) is 2. The number of carbonyl (C=O) groups excluding carboxylic acids is 2. The van der Waals surface area contributed by atoms with E-state index in [1.54, 1.807) is 19.1 Å². The highest BCUT2D eigenvalue weighted by Gasteiger charge is 2.35. The van der Waals surface area contributed by atoms with E-state index in [0.29, 0.717) is 12.8 Å². The Morgan fingerprint density at radius 1 is 1.32 bits per heavy atom. The third-order valence-corrected chi connectivity index (χ3v) is 6.74. The molecular weight excluding hydrogens is 486 g/mol. The fourth-order valence-corrected chi connectivity index (χ4v) is 4.21. The zero-order valence-corrected chi connectivity index (χ0v) is 23.3. The lowest BCUT2D eigenvalue weighted by Crippen LogP contribution is -2.24. The van der Waals surface area contributed by atoms with Gasteiger partial charge in [-0.2, -0.15) is 0 Å². The van der Waals surface area contributed by atoms with Gasteiger partial charge in [0.15, 0.2) is 5.78 Å². The van der Waals surface area contributed by atoms with Crippen molar-refractivity contribution < 1.29 is 28.6 Å². The quantitative estimate of drug-likeness (QED) is 0.241. The van der Waals surface area contributed by atoms with Gasteiger partial charge in [0.25, 0.3) is 0 Å². The van der Waals surface area contributed by atoms with Gasteiger partial charge in [-0.1, -0.05) is 50.3 Å². The highest BCUT2D eigenvalue weighted by molar-refractivity contribution is 6.00. The Bertz CT molecular complexity index is 1140. The van der Waals surface area contributed by atoms with Gasteiger partial charge >= 0.3 is 11.7 Å². The van der Waals surface area contributed by atoms with Crippen LogP contribution >= 0.6 is 0 Å². The number of hydrogen-bond donors (Lipinski definition) is 2. The first-order chi connectivity index (χ1) is 18.0. The van der Waals surface area contributed by atoms with Crippen LogP contribution in [0.2, 0.25) is 0 Å². The number of alkyl carbamates (subject to hydrolysis) is 1. The lowest BCUT2D eigenvalue weighted by Gasteiger charge is -2.22. The predicted octanol–water partition coefficient (Wildman–Crippen LogP) is 6.32. The van der Waals surface area contributed by atoms with Crippen molar-refractivity contribution in [2.75, 3.05) is 7.11 Å². The van der Waals surface area contributed by atoms with Crippen molar-refractivity contribution in [3.05, 3.63) is 76.0 Å². The SMILES string of the molecule is C/C=C/C/C=C(/C)[C@@H]1CC[C@](C)(/C=C/[C@@H](C)C(=O)c2c(O)cc([C@@H](C)CC/C=C/NC(=O)OC)oc2=O)O1. The third kappa shape index (κ3) is 8.87. The van der Waals surface area contributed by atoms with E-state index < -0.39 is 29.0 Å². The Labute approximate surface area is 225 Å². The summed E-state index contributed by atoms with van der Waals surface area (Å²) in [6.45, 7) is 9.58. The number of carbonyl (C=O) groups is 2. The maximum atomic E-state index is 13.0. The molecule has 1 fully saturated rings. The summed E-state index contributed by atoms with van der Waals surface area (Å²) in [4.78, 5) is 36.7. The first kappa shape index (κ1) is 30.8. The lowest BCUT2D eigenvalue weighted by atomic mass is 9.94. The average molecular weight is 528 g/mol. The minimum Gasteiger partial charge on any atom is -0.507 e. The molecule has 0 saturated carbocycles. The van der Waals surface area contributed by atoms with Crippen LogP contribution in [0.1, 0.15) is 88.8 Å². The fourth-order valence-electron chi connectivity index (χ4n) is 4.21. The third-order valence-electron chi connectivity index (χ3n) is 6.74. The van der Waals surface area contributed by atoms with Gasteiger partial charge in [0, 0.05) is 24.1 Å². The second kappa shape index (κ2) is 14.5. The first-order valence-electron chi connectivity index (χ1n) is 13.1. The number of methoxy groups -OCH3 is 1. The molecule has 0 unspecified atom stereocenters. The van der Waals surface area contributed by atoms with Crippen LogP contribution in [0.15, 0.2) is 63.5 Å². The molecule has 0 aliphatic carbocycles. The molecule has 2 rings (SSSR count). The Balaban J connectivity index is 2.02. The van der Waals surface area contributed by atoms with Crippen LogP contribution in [0.4, 0.5) is 4.79 Å². The smallest absolute Gasteiger partial charge is 0.410 e. The Hall–Kier alpha value is -3.39. The molecule has 208 valence electrons. The minimum atomic E-state index is -0.856. The van der Waals surface area contributed by atoms with Crippen molar-refractivity contribution in [2.45, 2.75) is 84.3 Å². The molecule has 1 aromatic rings. The lowest BCUT2D eigenvalue weighted by molar-refractivity contribution is 0.0215. The molecule has 0 bridgehead atoms. The van der Waals surface area contributed by atoms with Crippen LogP contribution in [0, 0.1) is 5.92 Å². The number of rotatable bonds is 12. The van der Waals surface area contributed by atoms with Gasteiger partial charge in [-0.15, -0.1) is 0 Å². The number of allylic oxidation sites excluding steroid dienone is 5. The summed E-state index contributed by atoms with van der Waals surface area (Å²) in [5, 5.41) is 13.0. The van der Waals surface area contributed by atoms with Gasteiger partial charge in [-0.3, -0.25) is 10.1 Å². The van der Waals surface area contributed by atoms with E-state index >= 15 is 0 Å². The molecule has 1 amide bonds. The summed E-state index contributed by atoms with van der Waals surface area (Å²) >= 11 is 0. The van der Waals surface area contributed by atoms with Crippen molar-refractivity contribution in [2.24, 2.45) is 5.92 Å². The van der Waals surface area contributed by atoms with E-state index in [9.17, 15) is 19.5 Å². The molecule has 38 heavy (non-hydrogen) atoms. The molecular formula is C30H41NO7. The van der Waals surface area contributed by atoms with Crippen LogP contribution in [0.5, 0.6) is 5.75 Å². The summed E-state index contributed by atoms with van der Waals surface area (Å²) in [6.07, 6.45) is 16.3. The van der Waals surface area contributed by atoms with E-state index in [1.165, 1.54) is 24.9 Å². The van der Waals surface area contributed by atoms with Crippen LogP contribution in [0.3, 0.4) is 0 Å². The van der Waals surface area contributed by atoms with Gasteiger partial charge in [0.2, 0.25) is 0 Å². The molecule has 1 saturated heterocycles. The standard InChI is InChI=1S/C30H41NO7/c1-7-8-9-12-20(2)24-15-17-30(5,38-24)16-14-22(4)27(33)26-23(32)19-25(37-28(26)34)21(3)13-10-11-18-31-29(35)36-6/h7-8,11-12,14,16,18-19,21-22,24,32H,9-10,13,15,17H2,1-6H3,(H,31,35)/b8-7+,16-14+,18-11+,20-12-/t21-,22+,24-,30-/m0/s1. The van der Waals surface area contributed by atoms with E-state index in [0.717, 1.165) is 19.3 Å². The number of hydrogen-bond acceptors (Lipinski definition) is 7. The summed E-state index contributed by atoms with van der Waals surface area (Å²) in [5.41, 5.74) is -0.527. The first-order valence-corrected chi connectivity index (χ1v) is 13.1. The molecule has 2 heterocycles. The van der Waals surface area contributed by atoms with E-state index in [1.807, 2.05) is 32.9 Å². The molecule has 2 N–H and O–H groups in total. The van der Waals surface area contributed by atoms with Crippen LogP contribution in [0.25, 0.3) is 0 Å². The summed E-state index contributed by atoms with van der Waals surface area (Å²) in [6, 6.07) is 1.33. The molecule has 0 radical (unpaired) electrons. The predicted molar refractivity (Wildman–Crippen MR) is 147 cm³/mol. The van der Waals surface area contributed by atoms with Crippen molar-refractivity contribution in [3.8, 4) is 5.75 Å². The van der Waals surface area contributed by atoms with Crippen LogP contribution in [-0.2, 0) is 9.47 Å². The maximum Gasteiger partial charge on any atom is 0.410 e. The molecule has 0 aromatic carbocycles. The van der Waals surface area contributed by atoms with E-state index in [4.69, 9.17) is 9.15 Å². The summed E-state index contributed by atoms with van der Waals surface area (Å²) in [5.74, 6) is -1.45. The Morgan fingerprint density at radius 3 is 2.71 bits per heavy atom. The molecule has 4 atom stereocenters. The number of Topliss-reactive ketones (excluding diaryl/α,β-unsaturated/α-hetero) is 1. The Kier molecular flexibility index (Phi) is 11.8. The van der Waals surface area contributed by atoms with Crippen molar-refractivity contribution in [1.29, 1.82) is 0 Å². The topological polar surface area (TPSA) is 115 Å². The second-order valence-electron chi connectivity index (χ2n) is 9.94. The van der Waals surface area contributed by atoms with Gasteiger partial charge in [-0.05, 0) is 58.4 Å². The summed E-state index contributed by atoms with van der Waals surface area (Å²) < 4.78 is 16.2. The maximum absolute atomic E-state index is 13.0. The molecule has 1 aliphatic heterocycles. The normalized spacial score (nSPS) is 21.8. The molecule has 1 aromatic heterocycles. The molecule has 8 heteroatoms. The van der Waals surface area contributed by atoms with Crippen molar-refractivity contribution in [1.82, 2.24) is 5.32 Å². The molecule has 0 spiro atoms. The largest absolute Gasteiger partial charge is 0.507 e. The highest BCUT2D eigenvalue weighted by atomic mass is 16.5. The minimum absolute atomic E-state index is 0.0335. The number of amides is 1. The second-order valence-corrected chi connectivity index (χ2v) is 9.94. The van der Waals surface area contributed by atoms with E-state index in [2.05, 4.69) is 29.1 Å². The number of aromatic hydroxyl groups is 1.